The lowest BCUT2D eigenvalue weighted by Crippen LogP contribution is -2.34. The fraction of sp³-hybridized carbons (Fsp3) is 0.286. The van der Waals surface area contributed by atoms with Gasteiger partial charge in [-0.1, -0.05) is 192 Å². The monoisotopic (exact) mass is 865 g/mol. The van der Waals surface area contributed by atoms with Crippen molar-refractivity contribution in [2.24, 2.45) is 0 Å². The molecule has 333 valence electrons. The minimum Gasteiger partial charge on any atom is -0.314 e. The Hall–Kier alpha value is -6.32. The van der Waals surface area contributed by atoms with Crippen LogP contribution in [0.25, 0.3) is 22.3 Å². The first-order valence-corrected chi connectivity index (χ1v) is 24.4. The molecule has 0 saturated heterocycles. The first-order chi connectivity index (χ1) is 31.6. The summed E-state index contributed by atoms with van der Waals surface area (Å²) in [6.07, 6.45) is 5.79. The van der Waals surface area contributed by atoms with Crippen molar-refractivity contribution in [3.63, 3.8) is 0 Å². The van der Waals surface area contributed by atoms with E-state index in [1.54, 1.807) is 0 Å². The Morgan fingerprint density at radius 2 is 0.758 bits per heavy atom. The van der Waals surface area contributed by atoms with Crippen molar-refractivity contribution in [3.05, 3.63) is 214 Å². The van der Waals surface area contributed by atoms with Crippen LogP contribution in [0.3, 0.4) is 0 Å². The smallest absolute Gasteiger partial charge is 0.195 e. The Kier molecular flexibility index (Phi) is 10.7. The van der Waals surface area contributed by atoms with Crippen LogP contribution in [0.2, 0.25) is 0 Å². The molecule has 1 heterocycles. The van der Waals surface area contributed by atoms with Gasteiger partial charge in [0.2, 0.25) is 0 Å². The molecule has 0 aromatic heterocycles. The summed E-state index contributed by atoms with van der Waals surface area (Å²) in [4.78, 5) is 7.48. The second kappa shape index (κ2) is 16.2. The molecule has 1 radical (unpaired) electrons. The molecular formula is C63H66N3. The average Bonchev–Trinajstić information content (AvgIpc) is 3.92. The molecule has 0 amide bonds. The van der Waals surface area contributed by atoms with Crippen LogP contribution in [-0.4, -0.2) is 0 Å². The zero-order chi connectivity index (χ0) is 46.4. The third kappa shape index (κ3) is 6.83. The third-order valence-corrected chi connectivity index (χ3v) is 15.0. The molecular weight excluding hydrogens is 799 g/mol. The number of hydrogen-bond donors (Lipinski definition) is 0. The van der Waals surface area contributed by atoms with Gasteiger partial charge in [-0.15, -0.1) is 0 Å². The molecule has 7 aromatic carbocycles. The van der Waals surface area contributed by atoms with E-state index in [0.717, 1.165) is 23.2 Å². The second-order valence-electron chi connectivity index (χ2n) is 21.2. The van der Waals surface area contributed by atoms with Gasteiger partial charge in [0.05, 0.1) is 11.4 Å². The molecule has 3 heteroatoms. The van der Waals surface area contributed by atoms with Crippen molar-refractivity contribution in [2.45, 2.75) is 118 Å². The van der Waals surface area contributed by atoms with Crippen molar-refractivity contribution in [1.29, 1.82) is 0 Å². The van der Waals surface area contributed by atoms with E-state index in [0.29, 0.717) is 23.7 Å². The summed E-state index contributed by atoms with van der Waals surface area (Å²) >= 11 is 0. The molecule has 0 fully saturated rings. The summed E-state index contributed by atoms with van der Waals surface area (Å²) < 4.78 is 0. The summed E-state index contributed by atoms with van der Waals surface area (Å²) in [5.74, 6) is 1.40. The molecule has 0 atom stereocenters. The molecule has 3 aliphatic rings. The number of fused-ring (bicyclic) bond motifs is 6. The first-order valence-electron chi connectivity index (χ1n) is 24.4. The van der Waals surface area contributed by atoms with Gasteiger partial charge in [-0.25, -0.2) is 0 Å². The van der Waals surface area contributed by atoms with E-state index in [1.807, 2.05) is 0 Å². The first kappa shape index (κ1) is 43.6. The quantitative estimate of drug-likeness (QED) is 0.136. The highest BCUT2D eigenvalue weighted by atomic mass is 15.4. The van der Waals surface area contributed by atoms with E-state index in [-0.39, 0.29) is 10.8 Å². The molecule has 66 heavy (non-hydrogen) atoms. The summed E-state index contributed by atoms with van der Waals surface area (Å²) in [7, 11) is 0. The van der Waals surface area contributed by atoms with Gasteiger partial charge >= 0.3 is 0 Å². The lowest BCUT2D eigenvalue weighted by atomic mass is 9.82. The Bertz CT molecular complexity index is 2890. The summed E-state index contributed by atoms with van der Waals surface area (Å²) in [5.41, 5.74) is 23.3. The van der Waals surface area contributed by atoms with Gasteiger partial charge in [0.25, 0.3) is 0 Å². The average molecular weight is 865 g/mol. The van der Waals surface area contributed by atoms with Gasteiger partial charge in [0.15, 0.2) is 6.17 Å². The van der Waals surface area contributed by atoms with E-state index in [2.05, 4.69) is 256 Å². The SMILES string of the molecule is CC(C)c1cccc(C(C)C)c1N1C=CN(c2c(C(C)C)cccc2C(C)C)[C]1c1ccc(N(c2ccc3c(c2)-c2ccccc2C3(C)C)c2ccc3c(c2)C(C)(C)c2ccccc2-3)cc1. The van der Waals surface area contributed by atoms with E-state index in [4.69, 9.17) is 0 Å². The highest BCUT2D eigenvalue weighted by molar-refractivity contribution is 5.89. The number of nitrogens with zero attached hydrogens (tertiary/aromatic N) is 3. The summed E-state index contributed by atoms with van der Waals surface area (Å²) in [6.45, 7) is 28.1. The van der Waals surface area contributed by atoms with Crippen LogP contribution in [0.5, 0.6) is 0 Å². The van der Waals surface area contributed by atoms with Crippen molar-refractivity contribution in [3.8, 4) is 22.3 Å². The second-order valence-corrected chi connectivity index (χ2v) is 21.2. The number of para-hydroxylation sites is 2. The van der Waals surface area contributed by atoms with Crippen LogP contribution in [0.1, 0.15) is 157 Å². The minimum atomic E-state index is -0.125. The van der Waals surface area contributed by atoms with Crippen LogP contribution in [0, 0.1) is 6.17 Å². The fourth-order valence-corrected chi connectivity index (χ4v) is 11.5. The maximum absolute atomic E-state index is 2.50. The topological polar surface area (TPSA) is 9.72 Å². The highest BCUT2D eigenvalue weighted by Crippen LogP contribution is 2.54. The highest BCUT2D eigenvalue weighted by Gasteiger charge is 2.40. The number of rotatable bonds is 10. The van der Waals surface area contributed by atoms with E-state index in [1.165, 1.54) is 83.7 Å². The Morgan fingerprint density at radius 1 is 0.364 bits per heavy atom. The van der Waals surface area contributed by atoms with Gasteiger partial charge in [-0.3, -0.25) is 0 Å². The number of anilines is 5. The van der Waals surface area contributed by atoms with Crippen LogP contribution < -0.4 is 14.7 Å². The summed E-state index contributed by atoms with van der Waals surface area (Å²) in [6, 6.07) is 55.5. The van der Waals surface area contributed by atoms with E-state index in [9.17, 15) is 0 Å². The van der Waals surface area contributed by atoms with E-state index >= 15 is 0 Å². The number of hydrogen-bond acceptors (Lipinski definition) is 3. The van der Waals surface area contributed by atoms with Crippen LogP contribution >= 0.6 is 0 Å². The van der Waals surface area contributed by atoms with Crippen molar-refractivity contribution >= 4 is 28.4 Å². The fourth-order valence-electron chi connectivity index (χ4n) is 11.5. The Labute approximate surface area is 395 Å². The third-order valence-electron chi connectivity index (χ3n) is 15.0. The molecule has 10 rings (SSSR count). The van der Waals surface area contributed by atoms with Gasteiger partial charge in [-0.2, -0.15) is 0 Å². The number of benzene rings is 7. The van der Waals surface area contributed by atoms with Gasteiger partial charge in [-0.05, 0) is 127 Å². The standard InChI is InChI=1S/C63H66N3/c1-39(2)47-21-17-22-48(40(3)4)59(47)64-35-36-65(60-49(41(5)6)23-18-24-50(60)42(7)8)61(64)43-27-29-44(30-28-43)66(45-32-34-57-54(37-45)52-20-14-16-26-56(52)62(57,9)10)46-31-33-53-51-19-13-15-25-55(51)63(11,12)58(53)38-46/h13-42H,1-12H3. The van der Waals surface area contributed by atoms with Crippen LogP contribution in [0.15, 0.2) is 158 Å². The van der Waals surface area contributed by atoms with Crippen LogP contribution in [-0.2, 0) is 10.8 Å². The molecule has 7 aromatic rings. The van der Waals surface area contributed by atoms with Crippen molar-refractivity contribution < 1.29 is 0 Å². The summed E-state index contributed by atoms with van der Waals surface area (Å²) in [5, 5.41) is 0. The molecule has 1 aliphatic heterocycles. The molecule has 0 bridgehead atoms. The zero-order valence-electron chi connectivity index (χ0n) is 41.2. The van der Waals surface area contributed by atoms with Crippen molar-refractivity contribution in [1.82, 2.24) is 0 Å². The predicted molar refractivity (Wildman–Crippen MR) is 282 cm³/mol. The maximum Gasteiger partial charge on any atom is 0.195 e. The molecule has 0 N–H and O–H groups in total. The largest absolute Gasteiger partial charge is 0.314 e. The van der Waals surface area contributed by atoms with Gasteiger partial charge in [0, 0.05) is 45.9 Å². The maximum atomic E-state index is 2.50. The lowest BCUT2D eigenvalue weighted by Gasteiger charge is -2.37. The zero-order valence-corrected chi connectivity index (χ0v) is 41.2. The molecule has 0 spiro atoms. The van der Waals surface area contributed by atoms with Crippen LogP contribution in [0.4, 0.5) is 28.4 Å². The van der Waals surface area contributed by atoms with Gasteiger partial charge < -0.3 is 14.7 Å². The molecule has 0 saturated carbocycles. The lowest BCUT2D eigenvalue weighted by molar-refractivity contribution is 0.660. The predicted octanol–water partition coefficient (Wildman–Crippen LogP) is 17.6. The van der Waals surface area contributed by atoms with Crippen molar-refractivity contribution in [2.75, 3.05) is 14.7 Å². The Morgan fingerprint density at radius 3 is 1.26 bits per heavy atom. The normalized spacial score (nSPS) is 15.6. The Balaban J connectivity index is 1.16. The molecule has 0 unspecified atom stereocenters. The van der Waals surface area contributed by atoms with Gasteiger partial charge in [0.1, 0.15) is 0 Å². The molecule has 2 aliphatic carbocycles. The minimum absolute atomic E-state index is 0.0716. The van der Waals surface area contributed by atoms with E-state index < -0.39 is 0 Å². The molecule has 3 nitrogen and oxygen atoms in total.